The standard InChI is InChI=1S/C20H23N3O2/c1-16-7-9-17(10-8-16)15-21-19(24)20(25)23-13-11-22(12-14-23)18-5-3-2-4-6-18/h2-10H,11-15H2,1H3,(H,21,24). The van der Waals surface area contributed by atoms with Crippen molar-refractivity contribution in [2.24, 2.45) is 0 Å². The Hall–Kier alpha value is -2.82. The van der Waals surface area contributed by atoms with E-state index in [1.165, 1.54) is 5.56 Å². The van der Waals surface area contributed by atoms with Gasteiger partial charge in [0.25, 0.3) is 0 Å². The second kappa shape index (κ2) is 7.83. The van der Waals surface area contributed by atoms with E-state index in [0.717, 1.165) is 24.3 Å². The molecule has 0 radical (unpaired) electrons. The maximum atomic E-state index is 12.3. The zero-order valence-electron chi connectivity index (χ0n) is 14.4. The van der Waals surface area contributed by atoms with Gasteiger partial charge in [0.1, 0.15) is 0 Å². The maximum Gasteiger partial charge on any atom is 0.312 e. The molecule has 1 fully saturated rings. The number of nitrogens with one attached hydrogen (secondary N) is 1. The van der Waals surface area contributed by atoms with Gasteiger partial charge in [-0.05, 0) is 24.6 Å². The smallest absolute Gasteiger partial charge is 0.312 e. The van der Waals surface area contributed by atoms with Gasteiger partial charge >= 0.3 is 11.8 Å². The zero-order chi connectivity index (χ0) is 17.6. The molecule has 0 bridgehead atoms. The van der Waals surface area contributed by atoms with Gasteiger partial charge in [0.05, 0.1) is 0 Å². The molecule has 25 heavy (non-hydrogen) atoms. The molecule has 1 saturated heterocycles. The number of benzene rings is 2. The molecule has 1 aliphatic heterocycles. The van der Waals surface area contributed by atoms with Crippen molar-refractivity contribution >= 4 is 17.5 Å². The molecule has 2 amide bonds. The van der Waals surface area contributed by atoms with Gasteiger partial charge in [0, 0.05) is 38.4 Å². The lowest BCUT2D eigenvalue weighted by Gasteiger charge is -2.35. The highest BCUT2D eigenvalue weighted by atomic mass is 16.2. The van der Waals surface area contributed by atoms with Crippen molar-refractivity contribution in [3.05, 3.63) is 65.7 Å². The third-order valence-corrected chi connectivity index (χ3v) is 4.46. The normalized spacial score (nSPS) is 14.3. The van der Waals surface area contributed by atoms with Crippen LogP contribution in [0.4, 0.5) is 5.69 Å². The van der Waals surface area contributed by atoms with Crippen molar-refractivity contribution < 1.29 is 9.59 Å². The summed E-state index contributed by atoms with van der Waals surface area (Å²) in [7, 11) is 0. The minimum absolute atomic E-state index is 0.370. The van der Waals surface area contributed by atoms with Crippen LogP contribution in [0.2, 0.25) is 0 Å². The molecule has 130 valence electrons. The fourth-order valence-corrected chi connectivity index (χ4v) is 2.91. The fraction of sp³-hybridized carbons (Fsp3) is 0.300. The molecule has 1 aliphatic rings. The van der Waals surface area contributed by atoms with Gasteiger partial charge in [0.2, 0.25) is 0 Å². The molecule has 5 heteroatoms. The number of carbonyl (C=O) groups excluding carboxylic acids is 2. The number of hydrogen-bond acceptors (Lipinski definition) is 3. The number of hydrogen-bond donors (Lipinski definition) is 1. The molecule has 0 aliphatic carbocycles. The number of aryl methyl sites for hydroxylation is 1. The lowest BCUT2D eigenvalue weighted by molar-refractivity contribution is -0.146. The molecule has 1 heterocycles. The van der Waals surface area contributed by atoms with Crippen molar-refractivity contribution in [1.29, 1.82) is 0 Å². The first-order valence-electron chi connectivity index (χ1n) is 8.56. The SMILES string of the molecule is Cc1ccc(CNC(=O)C(=O)N2CCN(c3ccccc3)CC2)cc1. The number of nitrogens with zero attached hydrogens (tertiary/aromatic N) is 2. The Bertz CT molecular complexity index is 720. The van der Waals surface area contributed by atoms with Crippen LogP contribution < -0.4 is 10.2 Å². The molecule has 2 aromatic rings. The van der Waals surface area contributed by atoms with E-state index in [9.17, 15) is 9.59 Å². The maximum absolute atomic E-state index is 12.3. The number of anilines is 1. The van der Waals surface area contributed by atoms with E-state index in [1.54, 1.807) is 4.90 Å². The van der Waals surface area contributed by atoms with Gasteiger partial charge in [0.15, 0.2) is 0 Å². The molecule has 0 atom stereocenters. The first-order chi connectivity index (χ1) is 12.1. The summed E-state index contributed by atoms with van der Waals surface area (Å²) in [4.78, 5) is 28.3. The third kappa shape index (κ3) is 4.38. The van der Waals surface area contributed by atoms with E-state index in [1.807, 2.05) is 49.4 Å². The second-order valence-electron chi connectivity index (χ2n) is 6.28. The lowest BCUT2D eigenvalue weighted by atomic mass is 10.1. The van der Waals surface area contributed by atoms with Crippen molar-refractivity contribution in [3.63, 3.8) is 0 Å². The summed E-state index contributed by atoms with van der Waals surface area (Å²) >= 11 is 0. The van der Waals surface area contributed by atoms with E-state index in [0.29, 0.717) is 19.6 Å². The van der Waals surface area contributed by atoms with Crippen LogP contribution in [-0.2, 0) is 16.1 Å². The van der Waals surface area contributed by atoms with Gasteiger partial charge in [-0.2, -0.15) is 0 Å². The zero-order valence-corrected chi connectivity index (χ0v) is 14.4. The van der Waals surface area contributed by atoms with Crippen LogP contribution in [0.25, 0.3) is 0 Å². The summed E-state index contributed by atoms with van der Waals surface area (Å²) in [5.74, 6) is -0.978. The van der Waals surface area contributed by atoms with Crippen LogP contribution in [0.1, 0.15) is 11.1 Å². The number of piperazine rings is 1. The highest BCUT2D eigenvalue weighted by molar-refractivity contribution is 6.35. The summed E-state index contributed by atoms with van der Waals surface area (Å²) in [6.07, 6.45) is 0. The van der Waals surface area contributed by atoms with Gasteiger partial charge in [-0.1, -0.05) is 48.0 Å². The average Bonchev–Trinajstić information content (AvgIpc) is 2.67. The first kappa shape index (κ1) is 17.0. The molecule has 0 saturated carbocycles. The average molecular weight is 337 g/mol. The van der Waals surface area contributed by atoms with Gasteiger partial charge < -0.3 is 15.1 Å². The van der Waals surface area contributed by atoms with Gasteiger partial charge in [-0.3, -0.25) is 9.59 Å². The van der Waals surface area contributed by atoms with Crippen LogP contribution in [0.3, 0.4) is 0 Å². The van der Waals surface area contributed by atoms with Crippen molar-refractivity contribution in [1.82, 2.24) is 10.2 Å². The summed E-state index contributed by atoms with van der Waals surface area (Å²) in [6.45, 7) is 4.98. The topological polar surface area (TPSA) is 52.7 Å². The second-order valence-corrected chi connectivity index (χ2v) is 6.28. The first-order valence-corrected chi connectivity index (χ1v) is 8.56. The number of amides is 2. The summed E-state index contributed by atoms with van der Waals surface area (Å²) in [6, 6.07) is 18.0. The highest BCUT2D eigenvalue weighted by Crippen LogP contribution is 2.15. The molecule has 0 spiro atoms. The predicted octanol–water partition coefficient (Wildman–Crippen LogP) is 1.96. The Morgan fingerprint density at radius 3 is 2.20 bits per heavy atom. The minimum Gasteiger partial charge on any atom is -0.368 e. The summed E-state index contributed by atoms with van der Waals surface area (Å²) in [5, 5.41) is 2.71. The Morgan fingerprint density at radius 2 is 1.56 bits per heavy atom. The number of para-hydroxylation sites is 1. The van der Waals surface area contributed by atoms with Crippen LogP contribution in [0.5, 0.6) is 0 Å². The van der Waals surface area contributed by atoms with E-state index in [4.69, 9.17) is 0 Å². The molecule has 0 aromatic heterocycles. The molecular formula is C20H23N3O2. The van der Waals surface area contributed by atoms with E-state index in [-0.39, 0.29) is 0 Å². The van der Waals surface area contributed by atoms with Gasteiger partial charge in [-0.25, -0.2) is 0 Å². The fourth-order valence-electron chi connectivity index (χ4n) is 2.91. The number of rotatable bonds is 3. The highest BCUT2D eigenvalue weighted by Gasteiger charge is 2.25. The van der Waals surface area contributed by atoms with Crippen molar-refractivity contribution in [2.75, 3.05) is 31.1 Å². The Morgan fingerprint density at radius 1 is 0.920 bits per heavy atom. The largest absolute Gasteiger partial charge is 0.368 e. The van der Waals surface area contributed by atoms with E-state index < -0.39 is 11.8 Å². The summed E-state index contributed by atoms with van der Waals surface area (Å²) in [5.41, 5.74) is 3.31. The third-order valence-electron chi connectivity index (χ3n) is 4.46. The Kier molecular flexibility index (Phi) is 5.33. The quantitative estimate of drug-likeness (QED) is 0.871. The molecular weight excluding hydrogens is 314 g/mol. The number of carbonyl (C=O) groups is 2. The van der Waals surface area contributed by atoms with E-state index in [2.05, 4.69) is 22.3 Å². The molecule has 3 rings (SSSR count). The minimum atomic E-state index is -0.534. The lowest BCUT2D eigenvalue weighted by Crippen LogP contribution is -2.52. The van der Waals surface area contributed by atoms with Crippen LogP contribution >= 0.6 is 0 Å². The van der Waals surface area contributed by atoms with Crippen molar-refractivity contribution in [3.8, 4) is 0 Å². The molecule has 2 aromatic carbocycles. The molecule has 0 unspecified atom stereocenters. The monoisotopic (exact) mass is 337 g/mol. The summed E-state index contributed by atoms with van der Waals surface area (Å²) < 4.78 is 0. The van der Waals surface area contributed by atoms with Crippen molar-refractivity contribution in [2.45, 2.75) is 13.5 Å². The van der Waals surface area contributed by atoms with Crippen LogP contribution in [-0.4, -0.2) is 42.9 Å². The van der Waals surface area contributed by atoms with E-state index >= 15 is 0 Å². The Balaban J connectivity index is 1.48. The molecule has 1 N–H and O–H groups in total. The predicted molar refractivity (Wildman–Crippen MR) is 98.3 cm³/mol. The van der Waals surface area contributed by atoms with Crippen LogP contribution in [0.15, 0.2) is 54.6 Å². The van der Waals surface area contributed by atoms with Gasteiger partial charge in [-0.15, -0.1) is 0 Å². The molecule has 5 nitrogen and oxygen atoms in total. The Labute approximate surface area is 148 Å². The van der Waals surface area contributed by atoms with Crippen LogP contribution in [0, 0.1) is 6.92 Å².